The number of rotatable bonds is 28. The first kappa shape index (κ1) is 94.8. The van der Waals surface area contributed by atoms with Gasteiger partial charge in [-0.05, 0) is 140 Å². The van der Waals surface area contributed by atoms with Gasteiger partial charge in [0.25, 0.3) is 0 Å². The second-order valence-corrected chi connectivity index (χ2v) is 35.5. The number of hydrogen-bond donors (Lipinski definition) is 17. The van der Waals surface area contributed by atoms with E-state index in [4.69, 9.17) is 66.8 Å². The van der Waals surface area contributed by atoms with E-state index in [-0.39, 0.29) is 83.0 Å². The van der Waals surface area contributed by atoms with Crippen LogP contribution in [0.3, 0.4) is 0 Å². The Bertz CT molecular complexity index is 5200. The summed E-state index contributed by atoms with van der Waals surface area (Å²) in [7, 11) is -3.92. The van der Waals surface area contributed by atoms with Crippen LogP contribution in [-0.4, -0.2) is 207 Å². The third-order valence-corrected chi connectivity index (χ3v) is 25.3. The number of nitrogens with one attached hydrogen (secondary N) is 7. The molecule has 0 saturated carbocycles. The molecule has 6 aromatic rings. The molecule has 14 rings (SSSR count). The van der Waals surface area contributed by atoms with E-state index in [0.29, 0.717) is 6.42 Å². The molecule has 126 heavy (non-hydrogen) atoms. The van der Waals surface area contributed by atoms with Crippen LogP contribution in [0.2, 0.25) is 10.0 Å². The molecule has 18 N–H and O–H groups in total. The van der Waals surface area contributed by atoms with Gasteiger partial charge in [-0.2, -0.15) is 0 Å². The number of aliphatic carboxylic acids is 1. The molecule has 18 atom stereocenters. The maximum atomic E-state index is 16.5. The van der Waals surface area contributed by atoms with E-state index in [1.165, 1.54) is 30.3 Å². The van der Waals surface area contributed by atoms with Gasteiger partial charge >= 0.3 is 12.1 Å². The molecule has 0 spiro atoms. The predicted molar refractivity (Wildman–Crippen MR) is 448 cm³/mol. The van der Waals surface area contributed by atoms with Gasteiger partial charge in [-0.1, -0.05) is 100 Å². The molecule has 680 valence electrons. The van der Waals surface area contributed by atoms with Gasteiger partial charge in [0, 0.05) is 67.9 Å². The number of benzene rings is 6. The van der Waals surface area contributed by atoms with Crippen molar-refractivity contribution in [2.45, 2.75) is 221 Å². The molecular weight excluding hydrogens is 1710 g/mol. The number of aryl methyl sites for hydroxylation is 1. The number of aromatic hydroxyl groups is 3. The van der Waals surface area contributed by atoms with Crippen molar-refractivity contribution in [3.8, 4) is 57.1 Å². The topological polar surface area (TPSA) is 554 Å². The zero-order chi connectivity index (χ0) is 91.1. The number of phenols is 3. The average molecular weight is 1810 g/mol. The Morgan fingerprint density at radius 1 is 0.730 bits per heavy atom. The van der Waals surface area contributed by atoms with E-state index in [9.17, 15) is 73.6 Å². The smallest absolute Gasteiger partial charge is 0.408 e. The first-order valence-corrected chi connectivity index (χ1v) is 43.8. The molecule has 3 saturated heterocycles. The molecule has 3 fully saturated rings. The molecule has 8 heterocycles. The Morgan fingerprint density at radius 3 is 2.03 bits per heavy atom. The lowest BCUT2D eigenvalue weighted by atomic mass is 9.84. The first-order valence-electron chi connectivity index (χ1n) is 41.5. The molecule has 6 aromatic carbocycles. The third kappa shape index (κ3) is 21.6. The summed E-state index contributed by atoms with van der Waals surface area (Å²) in [6.07, 6.45) is -15.4. The summed E-state index contributed by atoms with van der Waals surface area (Å²) >= 11 is 14.4. The molecule has 6 amide bonds. The first-order chi connectivity index (χ1) is 59.9. The fraction of sp³-hybridized carbons (Fsp3) is 0.483. The molecule has 0 unspecified atom stereocenters. The lowest BCUT2D eigenvalue weighted by Crippen LogP contribution is -2.63. The van der Waals surface area contributed by atoms with Crippen molar-refractivity contribution in [1.29, 1.82) is 0 Å². The number of sulfonamides is 1. The van der Waals surface area contributed by atoms with Crippen molar-refractivity contribution in [2.24, 2.45) is 23.5 Å². The Morgan fingerprint density at radius 2 is 1.40 bits per heavy atom. The molecular formula is C87H104Cl2N8O28S. The van der Waals surface area contributed by atoms with Gasteiger partial charge < -0.3 is 121 Å². The number of hydrogen-bond acceptors (Lipinski definition) is 28. The molecule has 0 aromatic heterocycles. The van der Waals surface area contributed by atoms with Crippen LogP contribution in [0.4, 0.5) is 4.79 Å². The van der Waals surface area contributed by atoms with Crippen molar-refractivity contribution < 1.29 is 135 Å². The van der Waals surface area contributed by atoms with Gasteiger partial charge in [0.05, 0.1) is 63.8 Å². The molecule has 11 bridgehead atoms. The molecule has 39 heteroatoms. The summed E-state index contributed by atoms with van der Waals surface area (Å²) in [4.78, 5) is 133. The molecule has 8 aliphatic heterocycles. The number of phenolic OH excluding ortho intramolecular Hbond substituents is 3. The minimum absolute atomic E-state index is 0.0265. The highest BCUT2D eigenvalue weighted by Crippen LogP contribution is 2.52. The number of nitrogens with two attached hydrogens (primary N) is 1. The number of fused-ring (bicyclic) bond motifs is 16. The van der Waals surface area contributed by atoms with Crippen LogP contribution >= 0.6 is 23.2 Å². The number of aliphatic hydroxyl groups excluding tert-OH is 5. The number of carboxylic acids is 1. The van der Waals surface area contributed by atoms with Crippen LogP contribution in [0, 0.1) is 17.8 Å². The van der Waals surface area contributed by atoms with Gasteiger partial charge in [-0.3, -0.25) is 33.6 Å². The number of primary amides is 1. The Hall–Kier alpha value is -10.4. The minimum atomic E-state index is -3.92. The van der Waals surface area contributed by atoms with E-state index in [1.807, 2.05) is 13.8 Å². The van der Waals surface area contributed by atoms with E-state index < -0.39 is 272 Å². The monoisotopic (exact) mass is 1810 g/mol. The van der Waals surface area contributed by atoms with Gasteiger partial charge in [0.1, 0.15) is 77.4 Å². The lowest BCUT2D eigenvalue weighted by Gasteiger charge is -2.46. The van der Waals surface area contributed by atoms with Crippen molar-refractivity contribution in [2.75, 3.05) is 32.9 Å². The highest BCUT2D eigenvalue weighted by Gasteiger charge is 2.56. The number of carbonyl (C=O) groups is 9. The summed E-state index contributed by atoms with van der Waals surface area (Å²) in [5.41, 5.74) is 2.62. The molecule has 0 radical (unpaired) electrons. The number of alkyl carbamates (subject to hydrolysis) is 1. The van der Waals surface area contributed by atoms with Gasteiger partial charge in [-0.25, -0.2) is 22.7 Å². The Labute approximate surface area is 734 Å². The van der Waals surface area contributed by atoms with E-state index in [2.05, 4.69) is 43.5 Å². The summed E-state index contributed by atoms with van der Waals surface area (Å²) in [6, 6.07) is 11.1. The minimum Gasteiger partial charge on any atom is -0.507 e. The number of ether oxygens (including phenoxy) is 8. The Balaban J connectivity index is 0.983. The zero-order valence-electron chi connectivity index (χ0n) is 69.7. The van der Waals surface area contributed by atoms with E-state index >= 15 is 24.0 Å². The van der Waals surface area contributed by atoms with Crippen LogP contribution in [0.25, 0.3) is 11.1 Å². The van der Waals surface area contributed by atoms with E-state index in [0.717, 1.165) is 92.3 Å². The van der Waals surface area contributed by atoms with E-state index in [1.54, 1.807) is 32.9 Å². The van der Waals surface area contributed by atoms with Crippen LogP contribution < -0.4 is 56.6 Å². The van der Waals surface area contributed by atoms with Gasteiger partial charge in [-0.15, -0.1) is 0 Å². The number of aliphatic hydroxyl groups is 5. The van der Waals surface area contributed by atoms with Crippen molar-refractivity contribution in [3.05, 3.63) is 146 Å². The zero-order valence-corrected chi connectivity index (χ0v) is 72.0. The van der Waals surface area contributed by atoms with Gasteiger partial charge in [0.2, 0.25) is 51.6 Å². The van der Waals surface area contributed by atoms with Crippen LogP contribution in [-0.2, 0) is 85.0 Å². The number of amides is 6. The lowest BCUT2D eigenvalue weighted by molar-refractivity contribution is -0.332. The fourth-order valence-electron chi connectivity index (χ4n) is 16.5. The average Bonchev–Trinajstić information content (AvgIpc) is 1.37. The Kier molecular flexibility index (Phi) is 30.6. The van der Waals surface area contributed by atoms with Crippen LogP contribution in [0.5, 0.6) is 46.0 Å². The number of unbranched alkanes of at least 4 members (excludes halogenated alkanes) is 3. The SMILES string of the molecule is CCCCCCc1ccc(S(=O)(=O)NCCOCCNCc2c(O)cc3c(c2O)-c2cc(ccc2O)[C@H]2CC(=O)[C@@H]4NC(=O)[C@H](CC(N)=O)CC(=O)[C@H](NC(=O)[C@H](CC)CC(C)C)[C@H](O)c5ccc(c(Cl)c5)Oc5cc4cc(c5O[C@@H]4O[C@H](CO)[C@@H](O)[C@H](O)[C@H]4O[C@H]4C[C@]5(C)NC(=O)O[C@@H]5[C@H](C)O4)Oc4ccc(cc4Cl)[C@@H](O)[C@H](NC2=O)C(=O)N[C@@H]3C(=O)O)cc1. The second-order valence-electron chi connectivity index (χ2n) is 32.9. The fourth-order valence-corrected chi connectivity index (χ4v) is 18.0. The largest absolute Gasteiger partial charge is 0.507 e. The molecule has 8 aliphatic rings. The third-order valence-electron chi connectivity index (χ3n) is 23.2. The number of carboxylic acid groups (broad SMARTS) is 1. The molecule has 0 aliphatic carbocycles. The highest BCUT2D eigenvalue weighted by molar-refractivity contribution is 7.89. The number of carbonyl (C=O) groups excluding carboxylic acids is 8. The summed E-state index contributed by atoms with van der Waals surface area (Å²) in [6.45, 7) is 9.08. The number of ketones is 2. The summed E-state index contributed by atoms with van der Waals surface area (Å²) in [5.74, 6) is -19.7. The number of halogens is 2. The quantitative estimate of drug-likeness (QED) is 0.0232. The van der Waals surface area contributed by atoms with Crippen LogP contribution in [0.1, 0.15) is 175 Å². The standard InChI is InChI=1S/C87H104Cl2N8O28S/c1-7-9-10-11-12-42-13-18-49(19-14-42)126(116,117)92-24-26-118-25-23-91-38-53-57(100)36-52-67(74(53)106)51-28-44(15-20-56(51)99)50-35-59(102)68-47-32-62(120-60-21-16-45(29-54(60)88)72(104)70(95-80(109)43(8-2)27-40(3)4)58(101)31-48(34-65(90)103)81(110)93-68)77(63(33-47)121-61-22-17-46(30-55(61)89)73(105)71(96-82(50)111)83(112)94-69(52)84(113)114)124-85-78(76(108)75(107)64(39-98)122-85)123-66-37-87(6)79(41(5)119-66)125-86(115)97-87/h13-22,28-30,32-33,36,40-41,43,48,50,64,66,68-73,75-76,78-79,85,91-92,98-100,104-108H,7-12,23-27,31,34-35,37-39H2,1-6H3,(H2,90,103)(H,93,110)(H,94,112)(H,95,109)(H,96,111)(H,97,115)(H,113,114)/t41-,43+,48-,50+,64+,66-,68+,69-,70-,71-,72+,73+,75+,76-,78+,79+,85-,87-/m0/s1. The van der Waals surface area contributed by atoms with Crippen molar-refractivity contribution in [3.63, 3.8) is 0 Å². The van der Waals surface area contributed by atoms with Gasteiger partial charge in [0.15, 0.2) is 47.6 Å². The second kappa shape index (κ2) is 40.7. The summed E-state index contributed by atoms with van der Waals surface area (Å²) < 4.78 is 79.3. The molecule has 36 nitrogen and oxygen atoms in total. The van der Waals surface area contributed by atoms with Crippen molar-refractivity contribution >= 4 is 86.4 Å². The maximum absolute atomic E-state index is 16.5. The predicted octanol–water partition coefficient (Wildman–Crippen LogP) is 6.52. The van der Waals surface area contributed by atoms with Crippen LogP contribution in [0.15, 0.2) is 102 Å². The highest BCUT2D eigenvalue weighted by atomic mass is 35.5. The van der Waals surface area contributed by atoms with Crippen molar-refractivity contribution in [1.82, 2.24) is 36.6 Å². The number of Topliss-reactive ketones (excluding diaryl/α,β-unsaturated/α-hetero) is 2. The normalized spacial score (nSPS) is 26.5. The summed E-state index contributed by atoms with van der Waals surface area (Å²) in [5, 5.41) is 122. The maximum Gasteiger partial charge on any atom is 0.408 e.